The molecule has 0 unspecified atom stereocenters. The first kappa shape index (κ1) is 26.9. The van der Waals surface area contributed by atoms with Crippen molar-refractivity contribution in [2.45, 2.75) is 39.2 Å². The molecule has 2 aromatic heterocycles. The number of aryl methyl sites for hydroxylation is 1. The van der Waals surface area contributed by atoms with Crippen LogP contribution in [0.4, 0.5) is 5.13 Å². The second kappa shape index (κ2) is 14.0. The van der Waals surface area contributed by atoms with Crippen molar-refractivity contribution in [3.05, 3.63) is 89.1 Å². The summed E-state index contributed by atoms with van der Waals surface area (Å²) in [7, 11) is 0. The Bertz CT molecular complexity index is 1290. The van der Waals surface area contributed by atoms with Crippen LogP contribution in [0.5, 0.6) is 11.5 Å². The van der Waals surface area contributed by atoms with Crippen LogP contribution in [0, 0.1) is 0 Å². The highest BCUT2D eigenvalue weighted by molar-refractivity contribution is 7.16. The van der Waals surface area contributed by atoms with Gasteiger partial charge >= 0.3 is 0 Å². The van der Waals surface area contributed by atoms with Gasteiger partial charge < -0.3 is 25.7 Å². The fourth-order valence-electron chi connectivity index (χ4n) is 3.82. The summed E-state index contributed by atoms with van der Waals surface area (Å²) in [4.78, 5) is 10.3. The van der Waals surface area contributed by atoms with E-state index in [4.69, 9.17) is 25.4 Å². The second-order valence-electron chi connectivity index (χ2n) is 8.65. The number of nitrogens with one attached hydrogen (secondary N) is 1. The van der Waals surface area contributed by atoms with Gasteiger partial charge in [-0.05, 0) is 85.8 Å². The number of oxime groups is 1. The van der Waals surface area contributed by atoms with E-state index < -0.39 is 0 Å². The number of ether oxygens (including phenoxy) is 2. The van der Waals surface area contributed by atoms with Crippen molar-refractivity contribution in [1.82, 2.24) is 9.97 Å². The Morgan fingerprint density at radius 1 is 0.974 bits per heavy atom. The van der Waals surface area contributed by atoms with Crippen LogP contribution in [-0.4, -0.2) is 34.2 Å². The van der Waals surface area contributed by atoms with Gasteiger partial charge in [0.25, 0.3) is 0 Å². The van der Waals surface area contributed by atoms with Crippen LogP contribution < -0.4 is 20.5 Å². The molecule has 2 aromatic carbocycles. The van der Waals surface area contributed by atoms with Gasteiger partial charge in [-0.3, -0.25) is 4.98 Å². The Morgan fingerprint density at radius 2 is 1.66 bits per heavy atom. The zero-order chi connectivity index (χ0) is 26.6. The Morgan fingerprint density at radius 3 is 2.26 bits per heavy atom. The van der Waals surface area contributed by atoms with E-state index >= 15 is 0 Å². The largest absolute Gasteiger partial charge is 0.494 e. The van der Waals surface area contributed by atoms with Gasteiger partial charge in [-0.25, -0.2) is 4.98 Å². The van der Waals surface area contributed by atoms with E-state index in [1.54, 1.807) is 29.7 Å². The molecular weight excluding hydrogens is 498 g/mol. The SMILES string of the molecule is CCc1sc(NCc2cccnc2)nc1-c1ccc(OCCCCCOc2ccc(C(N)=NO)cc2)cc1. The molecule has 0 aliphatic heterocycles. The summed E-state index contributed by atoms with van der Waals surface area (Å²) in [6.45, 7) is 4.15. The maximum Gasteiger partial charge on any atom is 0.183 e. The van der Waals surface area contributed by atoms with Crippen molar-refractivity contribution in [3.8, 4) is 22.8 Å². The predicted octanol–water partition coefficient (Wildman–Crippen LogP) is 6.10. The topological polar surface area (TPSA) is 115 Å². The maximum atomic E-state index is 8.72. The van der Waals surface area contributed by atoms with E-state index in [1.165, 1.54) is 4.88 Å². The number of nitrogens with two attached hydrogens (primary N) is 1. The minimum absolute atomic E-state index is 0.0825. The highest BCUT2D eigenvalue weighted by Gasteiger charge is 2.12. The van der Waals surface area contributed by atoms with E-state index in [9.17, 15) is 0 Å². The average Bonchev–Trinajstić information content (AvgIpc) is 3.40. The molecule has 0 amide bonds. The van der Waals surface area contributed by atoms with Crippen molar-refractivity contribution in [2.24, 2.45) is 10.9 Å². The summed E-state index contributed by atoms with van der Waals surface area (Å²) in [5.74, 6) is 1.71. The van der Waals surface area contributed by atoms with Crippen LogP contribution in [0.25, 0.3) is 11.3 Å². The van der Waals surface area contributed by atoms with Gasteiger partial charge in [-0.15, -0.1) is 11.3 Å². The summed E-state index contributed by atoms with van der Waals surface area (Å²) in [5.41, 5.74) is 9.47. The van der Waals surface area contributed by atoms with Gasteiger partial charge in [0.15, 0.2) is 11.0 Å². The lowest BCUT2D eigenvalue weighted by molar-refractivity contribution is 0.279. The van der Waals surface area contributed by atoms with Crippen LogP contribution in [0.15, 0.2) is 78.2 Å². The van der Waals surface area contributed by atoms with E-state index in [0.29, 0.717) is 25.3 Å². The van der Waals surface area contributed by atoms with Crippen LogP contribution in [-0.2, 0) is 13.0 Å². The molecule has 0 atom stereocenters. The Balaban J connectivity index is 1.17. The number of nitrogens with zero attached hydrogens (tertiary/aromatic N) is 3. The highest BCUT2D eigenvalue weighted by Crippen LogP contribution is 2.32. The minimum atomic E-state index is 0.0825. The number of pyridine rings is 1. The molecule has 198 valence electrons. The number of unbranched alkanes of at least 4 members (excludes halogenated alkanes) is 2. The van der Waals surface area contributed by atoms with Crippen molar-refractivity contribution in [1.29, 1.82) is 0 Å². The Hall–Kier alpha value is -4.11. The van der Waals surface area contributed by atoms with Crippen LogP contribution >= 0.6 is 11.3 Å². The molecule has 0 spiro atoms. The van der Waals surface area contributed by atoms with E-state index in [2.05, 4.69) is 40.6 Å². The molecule has 9 heteroatoms. The lowest BCUT2D eigenvalue weighted by Gasteiger charge is -2.09. The van der Waals surface area contributed by atoms with E-state index in [1.807, 2.05) is 36.5 Å². The van der Waals surface area contributed by atoms with Crippen molar-refractivity contribution < 1.29 is 14.7 Å². The molecule has 0 saturated carbocycles. The van der Waals surface area contributed by atoms with E-state index in [0.717, 1.165) is 59.1 Å². The monoisotopic (exact) mass is 531 g/mol. The number of hydrogen-bond donors (Lipinski definition) is 3. The fourth-order valence-corrected chi connectivity index (χ4v) is 4.74. The number of amidine groups is 1. The molecule has 0 saturated heterocycles. The molecule has 38 heavy (non-hydrogen) atoms. The molecular formula is C29H33N5O3S. The molecule has 8 nitrogen and oxygen atoms in total. The van der Waals surface area contributed by atoms with Gasteiger partial charge in [0.2, 0.25) is 0 Å². The number of benzene rings is 2. The Labute approximate surface area is 227 Å². The highest BCUT2D eigenvalue weighted by atomic mass is 32.1. The molecule has 4 rings (SSSR count). The van der Waals surface area contributed by atoms with Crippen LogP contribution in [0.3, 0.4) is 0 Å². The fraction of sp³-hybridized carbons (Fsp3) is 0.276. The summed E-state index contributed by atoms with van der Waals surface area (Å²) < 4.78 is 11.7. The normalized spacial score (nSPS) is 11.3. The van der Waals surface area contributed by atoms with Gasteiger partial charge in [0, 0.05) is 34.9 Å². The van der Waals surface area contributed by atoms with Crippen molar-refractivity contribution in [2.75, 3.05) is 18.5 Å². The molecule has 4 aromatic rings. The molecule has 2 heterocycles. The summed E-state index contributed by atoms with van der Waals surface area (Å²) >= 11 is 1.70. The third-order valence-electron chi connectivity index (χ3n) is 5.90. The van der Waals surface area contributed by atoms with Crippen LogP contribution in [0.2, 0.25) is 0 Å². The third kappa shape index (κ3) is 7.69. The van der Waals surface area contributed by atoms with Gasteiger partial charge in [0.05, 0.1) is 18.9 Å². The van der Waals surface area contributed by atoms with Crippen LogP contribution in [0.1, 0.15) is 42.2 Å². The van der Waals surface area contributed by atoms with Crippen molar-refractivity contribution in [3.63, 3.8) is 0 Å². The molecule has 0 radical (unpaired) electrons. The maximum absolute atomic E-state index is 8.72. The molecule has 0 aliphatic carbocycles. The number of thiazole rings is 1. The van der Waals surface area contributed by atoms with E-state index in [-0.39, 0.29) is 5.84 Å². The number of anilines is 1. The van der Waals surface area contributed by atoms with Gasteiger partial charge in [-0.2, -0.15) is 0 Å². The molecule has 0 fully saturated rings. The van der Waals surface area contributed by atoms with Gasteiger partial charge in [0.1, 0.15) is 11.5 Å². The zero-order valence-corrected chi connectivity index (χ0v) is 22.3. The lowest BCUT2D eigenvalue weighted by atomic mass is 10.1. The molecule has 0 bridgehead atoms. The molecule has 4 N–H and O–H groups in total. The van der Waals surface area contributed by atoms with Gasteiger partial charge in [-0.1, -0.05) is 18.1 Å². The first-order valence-electron chi connectivity index (χ1n) is 12.7. The van der Waals surface area contributed by atoms with Crippen molar-refractivity contribution >= 4 is 22.3 Å². The predicted molar refractivity (Wildman–Crippen MR) is 152 cm³/mol. The number of rotatable bonds is 14. The summed E-state index contributed by atoms with van der Waals surface area (Å²) in [6.07, 6.45) is 7.47. The summed E-state index contributed by atoms with van der Waals surface area (Å²) in [6, 6.07) is 19.3. The lowest BCUT2D eigenvalue weighted by Crippen LogP contribution is -2.12. The second-order valence-corrected chi connectivity index (χ2v) is 9.73. The Kier molecular flexibility index (Phi) is 9.92. The number of hydrogen-bond acceptors (Lipinski definition) is 8. The zero-order valence-electron chi connectivity index (χ0n) is 21.5. The summed E-state index contributed by atoms with van der Waals surface area (Å²) in [5, 5.41) is 16.0. The minimum Gasteiger partial charge on any atom is -0.494 e. The average molecular weight is 532 g/mol. The smallest absolute Gasteiger partial charge is 0.183 e. The third-order valence-corrected chi connectivity index (χ3v) is 7.05. The molecule has 0 aliphatic rings. The first-order chi connectivity index (χ1) is 18.7. The first-order valence-corrected chi connectivity index (χ1v) is 13.5. The number of aromatic nitrogens is 2. The standard InChI is InChI=1S/C29H33N5O3S/c1-2-26-27(33-29(38-26)32-20-21-7-6-16-31-19-21)22-8-12-24(13-9-22)36-17-4-3-5-18-37-25-14-10-23(11-15-25)28(30)34-35/h6-16,19,35H,2-5,17-18,20H2,1H3,(H2,30,34)(H,32,33). The quantitative estimate of drug-likeness (QED) is 0.0592.